The number of nitrogens with zero attached hydrogens (tertiary/aromatic N) is 4. The number of nitrogens with two attached hydrogens (primary N) is 1. The molecule has 1 aromatic carbocycles. The Bertz CT molecular complexity index is 757. The number of rotatable bonds is 5. The highest BCUT2D eigenvalue weighted by atomic mass is 32.2. The molecule has 0 spiro atoms. The Morgan fingerprint density at radius 1 is 1.38 bits per heavy atom. The van der Waals surface area contributed by atoms with E-state index in [0.717, 1.165) is 6.26 Å². The standard InChI is InChI=1S/C12H16FN5O2S/c1-8-6-9(14)7-10(11(8)13)12-15-16-17-18(12)4-3-5-21(2,19)20/h6-7H,3-5,14H2,1-2H3. The summed E-state index contributed by atoms with van der Waals surface area (Å²) in [5.41, 5.74) is 6.73. The Morgan fingerprint density at radius 3 is 2.76 bits per heavy atom. The smallest absolute Gasteiger partial charge is 0.185 e. The summed E-state index contributed by atoms with van der Waals surface area (Å²) in [7, 11) is -3.05. The first-order chi connectivity index (χ1) is 9.78. The van der Waals surface area contributed by atoms with Crippen molar-refractivity contribution in [2.24, 2.45) is 0 Å². The van der Waals surface area contributed by atoms with E-state index in [9.17, 15) is 12.8 Å². The molecule has 7 nitrogen and oxygen atoms in total. The van der Waals surface area contributed by atoms with E-state index >= 15 is 0 Å². The van der Waals surface area contributed by atoms with Crippen LogP contribution in [-0.2, 0) is 16.4 Å². The van der Waals surface area contributed by atoms with Crippen LogP contribution in [0.3, 0.4) is 0 Å². The number of nitrogen functional groups attached to an aromatic ring is 1. The number of anilines is 1. The number of benzene rings is 1. The third kappa shape index (κ3) is 3.75. The van der Waals surface area contributed by atoms with Gasteiger partial charge in [0, 0.05) is 18.5 Å². The summed E-state index contributed by atoms with van der Waals surface area (Å²) in [5.74, 6) is -0.190. The molecule has 0 unspecified atom stereocenters. The number of sulfone groups is 1. The molecule has 0 radical (unpaired) electrons. The number of hydrogen-bond donors (Lipinski definition) is 1. The molecule has 9 heteroatoms. The van der Waals surface area contributed by atoms with Gasteiger partial charge in [-0.2, -0.15) is 0 Å². The first kappa shape index (κ1) is 15.4. The van der Waals surface area contributed by atoms with Gasteiger partial charge >= 0.3 is 0 Å². The summed E-state index contributed by atoms with van der Waals surface area (Å²) in [4.78, 5) is 0. The van der Waals surface area contributed by atoms with Crippen molar-refractivity contribution in [1.29, 1.82) is 0 Å². The molecule has 2 rings (SSSR count). The number of hydrogen-bond acceptors (Lipinski definition) is 6. The van der Waals surface area contributed by atoms with Crippen molar-refractivity contribution in [3.05, 3.63) is 23.5 Å². The second-order valence-electron chi connectivity index (χ2n) is 4.91. The van der Waals surface area contributed by atoms with Crippen molar-refractivity contribution >= 4 is 15.5 Å². The first-order valence-electron chi connectivity index (χ1n) is 6.28. The summed E-state index contributed by atoms with van der Waals surface area (Å²) in [5, 5.41) is 11.1. The molecule has 2 N–H and O–H groups in total. The van der Waals surface area contributed by atoms with Gasteiger partial charge in [0.1, 0.15) is 15.7 Å². The van der Waals surface area contributed by atoms with Crippen LogP contribution >= 0.6 is 0 Å². The average molecular weight is 313 g/mol. The Labute approximate surface area is 121 Å². The van der Waals surface area contributed by atoms with Crippen molar-refractivity contribution in [3.63, 3.8) is 0 Å². The first-order valence-corrected chi connectivity index (χ1v) is 8.34. The fourth-order valence-corrected chi connectivity index (χ4v) is 2.64. The van der Waals surface area contributed by atoms with Gasteiger partial charge in [-0.25, -0.2) is 17.5 Å². The SMILES string of the molecule is Cc1cc(N)cc(-c2nnnn2CCCS(C)(=O)=O)c1F. The summed E-state index contributed by atoms with van der Waals surface area (Å²) in [6.45, 7) is 1.88. The Balaban J connectivity index is 2.29. The molecule has 0 aliphatic heterocycles. The van der Waals surface area contributed by atoms with Gasteiger partial charge in [0.05, 0.1) is 11.3 Å². The lowest BCUT2D eigenvalue weighted by Crippen LogP contribution is -2.10. The van der Waals surface area contributed by atoms with Gasteiger partial charge in [0.15, 0.2) is 5.82 Å². The number of tetrazole rings is 1. The molecule has 1 heterocycles. The van der Waals surface area contributed by atoms with Gasteiger partial charge < -0.3 is 5.73 Å². The molecule has 1 aromatic heterocycles. The van der Waals surface area contributed by atoms with E-state index in [2.05, 4.69) is 15.5 Å². The highest BCUT2D eigenvalue weighted by molar-refractivity contribution is 7.90. The minimum atomic E-state index is -3.05. The van der Waals surface area contributed by atoms with E-state index < -0.39 is 15.7 Å². The van der Waals surface area contributed by atoms with Gasteiger partial charge in [-0.05, 0) is 41.5 Å². The lowest BCUT2D eigenvalue weighted by molar-refractivity contribution is 0.564. The minimum absolute atomic E-state index is 0.0186. The summed E-state index contributed by atoms with van der Waals surface area (Å²) in [6.07, 6.45) is 1.51. The van der Waals surface area contributed by atoms with E-state index in [1.54, 1.807) is 6.92 Å². The van der Waals surface area contributed by atoms with Gasteiger partial charge in [-0.15, -0.1) is 5.10 Å². The molecule has 2 aromatic rings. The van der Waals surface area contributed by atoms with E-state index in [0.29, 0.717) is 17.7 Å². The summed E-state index contributed by atoms with van der Waals surface area (Å²) >= 11 is 0. The van der Waals surface area contributed by atoms with Gasteiger partial charge in [-0.1, -0.05) is 0 Å². The normalized spacial score (nSPS) is 11.8. The van der Waals surface area contributed by atoms with Crippen LogP contribution in [0.25, 0.3) is 11.4 Å². The summed E-state index contributed by atoms with van der Waals surface area (Å²) in [6, 6.07) is 2.98. The van der Waals surface area contributed by atoms with Crippen LogP contribution in [0.5, 0.6) is 0 Å². The fourth-order valence-electron chi connectivity index (χ4n) is 1.98. The Hall–Kier alpha value is -2.03. The largest absolute Gasteiger partial charge is 0.399 e. The minimum Gasteiger partial charge on any atom is -0.399 e. The van der Waals surface area contributed by atoms with Crippen LogP contribution in [0.2, 0.25) is 0 Å². The molecule has 0 saturated carbocycles. The van der Waals surface area contributed by atoms with Crippen LogP contribution in [0.4, 0.5) is 10.1 Å². The van der Waals surface area contributed by atoms with E-state index in [1.807, 2.05) is 0 Å². The lowest BCUT2D eigenvalue weighted by Gasteiger charge is -2.08. The van der Waals surface area contributed by atoms with Crippen LogP contribution < -0.4 is 5.73 Å². The van der Waals surface area contributed by atoms with Crippen LogP contribution in [-0.4, -0.2) is 40.6 Å². The summed E-state index contributed by atoms with van der Waals surface area (Å²) < 4.78 is 37.8. The second-order valence-corrected chi connectivity index (χ2v) is 7.17. The molecular formula is C12H16FN5O2S. The van der Waals surface area contributed by atoms with Crippen LogP contribution in [0.1, 0.15) is 12.0 Å². The second kappa shape index (κ2) is 5.76. The van der Waals surface area contributed by atoms with Gasteiger partial charge in [0.25, 0.3) is 0 Å². The Morgan fingerprint density at radius 2 is 2.10 bits per heavy atom. The van der Waals surface area contributed by atoms with Crippen LogP contribution in [0.15, 0.2) is 12.1 Å². The lowest BCUT2D eigenvalue weighted by atomic mass is 10.1. The van der Waals surface area contributed by atoms with Crippen molar-refractivity contribution in [2.75, 3.05) is 17.7 Å². The molecule has 21 heavy (non-hydrogen) atoms. The number of aryl methyl sites for hydroxylation is 2. The maximum atomic E-state index is 14.2. The highest BCUT2D eigenvalue weighted by Gasteiger charge is 2.16. The van der Waals surface area contributed by atoms with Crippen molar-refractivity contribution in [3.8, 4) is 11.4 Å². The topological polar surface area (TPSA) is 104 Å². The average Bonchev–Trinajstić information content (AvgIpc) is 2.80. The van der Waals surface area contributed by atoms with Crippen molar-refractivity contribution in [2.45, 2.75) is 19.9 Å². The van der Waals surface area contributed by atoms with E-state index in [4.69, 9.17) is 5.73 Å². The fraction of sp³-hybridized carbons (Fsp3) is 0.417. The third-order valence-corrected chi connectivity index (χ3v) is 3.96. The maximum Gasteiger partial charge on any atom is 0.185 e. The Kier molecular flexibility index (Phi) is 4.21. The number of halogens is 1. The molecule has 0 fully saturated rings. The van der Waals surface area contributed by atoms with Gasteiger partial charge in [0.2, 0.25) is 0 Å². The highest BCUT2D eigenvalue weighted by Crippen LogP contribution is 2.25. The zero-order valence-electron chi connectivity index (χ0n) is 11.7. The van der Waals surface area contributed by atoms with Crippen LogP contribution in [0, 0.1) is 12.7 Å². The predicted octanol–water partition coefficient (Wildman–Crippen LogP) is 0.805. The van der Waals surface area contributed by atoms with E-state index in [-0.39, 0.29) is 23.7 Å². The van der Waals surface area contributed by atoms with Gasteiger partial charge in [-0.3, -0.25) is 0 Å². The molecule has 0 amide bonds. The van der Waals surface area contributed by atoms with Crippen molar-refractivity contribution < 1.29 is 12.8 Å². The predicted molar refractivity (Wildman–Crippen MR) is 76.7 cm³/mol. The zero-order chi connectivity index (χ0) is 15.6. The molecule has 0 aliphatic carbocycles. The molecule has 0 bridgehead atoms. The third-order valence-electron chi connectivity index (χ3n) is 2.93. The molecular weight excluding hydrogens is 297 g/mol. The molecule has 0 atom stereocenters. The van der Waals surface area contributed by atoms with E-state index in [1.165, 1.54) is 16.8 Å². The maximum absolute atomic E-state index is 14.2. The van der Waals surface area contributed by atoms with Crippen molar-refractivity contribution in [1.82, 2.24) is 20.2 Å². The molecule has 114 valence electrons. The molecule has 0 aliphatic rings. The quantitative estimate of drug-likeness (QED) is 0.819. The zero-order valence-corrected chi connectivity index (χ0v) is 12.6. The molecule has 0 saturated heterocycles. The monoisotopic (exact) mass is 313 g/mol. The number of aromatic nitrogens is 4.